The molecule has 1 rings (SSSR count). The van der Waals surface area contributed by atoms with Crippen molar-refractivity contribution in [1.29, 1.82) is 0 Å². The topological polar surface area (TPSA) is 83.1 Å². The molecule has 1 aliphatic heterocycles. The van der Waals surface area contributed by atoms with E-state index in [9.17, 15) is 9.59 Å². The molecule has 0 radical (unpaired) electrons. The predicted octanol–water partition coefficient (Wildman–Crippen LogP) is 1.98. The average molecular weight is 317 g/mol. The summed E-state index contributed by atoms with van der Waals surface area (Å²) >= 11 is 0. The number of ether oxygens (including phenoxy) is 4. The number of nitrogens with one attached hydrogen (secondary N) is 1. The molecule has 1 saturated heterocycles. The molecule has 0 bridgehead atoms. The van der Waals surface area contributed by atoms with Crippen LogP contribution in [0.3, 0.4) is 0 Å². The first-order chi connectivity index (χ1) is 10.0. The van der Waals surface area contributed by atoms with Gasteiger partial charge in [-0.15, -0.1) is 0 Å². The number of hydrogen-bond acceptors (Lipinski definition) is 6. The van der Waals surface area contributed by atoms with Crippen LogP contribution in [0.4, 0.5) is 4.79 Å². The molecular weight excluding hydrogens is 290 g/mol. The largest absolute Gasteiger partial charge is 0.469 e. The first-order valence-corrected chi connectivity index (χ1v) is 7.40. The van der Waals surface area contributed by atoms with Crippen molar-refractivity contribution in [2.24, 2.45) is 0 Å². The van der Waals surface area contributed by atoms with Crippen LogP contribution in [0.2, 0.25) is 0 Å². The molecule has 0 spiro atoms. The molecule has 0 aliphatic carbocycles. The van der Waals surface area contributed by atoms with E-state index in [2.05, 4.69) is 10.1 Å². The lowest BCUT2D eigenvalue weighted by atomic mass is 10.1. The van der Waals surface area contributed by atoms with Gasteiger partial charge in [0.2, 0.25) is 0 Å². The number of rotatable bonds is 5. The molecule has 1 N–H and O–H groups in total. The minimum Gasteiger partial charge on any atom is -0.469 e. The Balaban J connectivity index is 2.66. The van der Waals surface area contributed by atoms with Crippen LogP contribution in [0.15, 0.2) is 0 Å². The number of alkyl carbamates (subject to hydrolysis) is 1. The highest BCUT2D eigenvalue weighted by Gasteiger charge is 2.38. The van der Waals surface area contributed by atoms with Crippen molar-refractivity contribution in [2.75, 3.05) is 13.7 Å². The van der Waals surface area contributed by atoms with Crippen LogP contribution >= 0.6 is 0 Å². The highest BCUT2D eigenvalue weighted by molar-refractivity contribution is 5.70. The fraction of sp³-hybridized carbons (Fsp3) is 0.867. The number of methoxy groups -OCH3 is 1. The minimum atomic E-state index is -0.705. The highest BCUT2D eigenvalue weighted by atomic mass is 16.7. The third-order valence-electron chi connectivity index (χ3n) is 3.07. The first-order valence-electron chi connectivity index (χ1n) is 7.40. The molecule has 1 heterocycles. The fourth-order valence-corrected chi connectivity index (χ4v) is 2.10. The zero-order valence-electron chi connectivity index (χ0n) is 14.2. The Bertz CT molecular complexity index is 401. The van der Waals surface area contributed by atoms with Gasteiger partial charge < -0.3 is 24.3 Å². The Morgan fingerprint density at radius 1 is 1.36 bits per heavy atom. The molecular formula is C15H27NO6. The van der Waals surface area contributed by atoms with Gasteiger partial charge in [0, 0.05) is 6.42 Å². The van der Waals surface area contributed by atoms with Crippen molar-refractivity contribution in [3.8, 4) is 0 Å². The van der Waals surface area contributed by atoms with Gasteiger partial charge in [-0.05, 0) is 41.0 Å². The molecule has 7 heteroatoms. The number of carbonyl (C=O) groups is 2. The maximum Gasteiger partial charge on any atom is 0.407 e. The van der Waals surface area contributed by atoms with Crippen molar-refractivity contribution in [3.05, 3.63) is 0 Å². The monoisotopic (exact) mass is 317 g/mol. The van der Waals surface area contributed by atoms with E-state index in [0.717, 1.165) is 0 Å². The Morgan fingerprint density at radius 2 is 2.00 bits per heavy atom. The number of amides is 1. The fourth-order valence-electron chi connectivity index (χ4n) is 2.10. The summed E-state index contributed by atoms with van der Waals surface area (Å²) < 4.78 is 21.2. The van der Waals surface area contributed by atoms with E-state index < -0.39 is 23.5 Å². The Labute approximate surface area is 131 Å². The molecule has 7 nitrogen and oxygen atoms in total. The molecule has 1 aliphatic rings. The summed E-state index contributed by atoms with van der Waals surface area (Å²) in [6.07, 6.45) is -0.323. The maximum absolute atomic E-state index is 12.0. The van der Waals surface area contributed by atoms with Gasteiger partial charge in [0.05, 0.1) is 19.8 Å². The minimum absolute atomic E-state index is 0.178. The second-order valence-electron chi connectivity index (χ2n) is 6.73. The van der Waals surface area contributed by atoms with E-state index in [4.69, 9.17) is 14.2 Å². The standard InChI is InChI=1S/C15H27NO6/c1-14(2,3)22-13(18)16-10(7-8-12(17)19-6)11-9-20-15(4,5)21-11/h10-11H,7-9H2,1-6H3,(H,16,18)/t10-,11+/m0/s1. The van der Waals surface area contributed by atoms with E-state index in [0.29, 0.717) is 13.0 Å². The molecule has 0 aromatic carbocycles. The smallest absolute Gasteiger partial charge is 0.407 e. The lowest BCUT2D eigenvalue weighted by Crippen LogP contribution is -2.47. The summed E-state index contributed by atoms with van der Waals surface area (Å²) in [5.41, 5.74) is -0.594. The highest BCUT2D eigenvalue weighted by Crippen LogP contribution is 2.26. The van der Waals surface area contributed by atoms with E-state index in [1.54, 1.807) is 34.6 Å². The van der Waals surface area contributed by atoms with Crippen LogP contribution < -0.4 is 5.32 Å². The molecule has 0 unspecified atom stereocenters. The molecule has 1 fully saturated rings. The zero-order chi connectivity index (χ0) is 17.0. The second-order valence-corrected chi connectivity index (χ2v) is 6.73. The quantitative estimate of drug-likeness (QED) is 0.781. The van der Waals surface area contributed by atoms with Gasteiger partial charge in [-0.25, -0.2) is 4.79 Å². The third-order valence-corrected chi connectivity index (χ3v) is 3.07. The van der Waals surface area contributed by atoms with Gasteiger partial charge in [-0.3, -0.25) is 4.79 Å². The van der Waals surface area contributed by atoms with E-state index in [1.807, 2.05) is 0 Å². The van der Waals surface area contributed by atoms with E-state index in [1.165, 1.54) is 7.11 Å². The summed E-state index contributed by atoms with van der Waals surface area (Å²) in [5, 5.41) is 2.76. The van der Waals surface area contributed by atoms with Gasteiger partial charge in [-0.2, -0.15) is 0 Å². The molecule has 22 heavy (non-hydrogen) atoms. The molecule has 128 valence electrons. The van der Waals surface area contributed by atoms with Crippen molar-refractivity contribution in [2.45, 2.75) is 71.0 Å². The van der Waals surface area contributed by atoms with Gasteiger partial charge in [0.15, 0.2) is 5.79 Å². The van der Waals surface area contributed by atoms with Crippen molar-refractivity contribution < 1.29 is 28.5 Å². The average Bonchev–Trinajstić information content (AvgIpc) is 2.72. The lowest BCUT2D eigenvalue weighted by Gasteiger charge is -2.27. The second kappa shape index (κ2) is 7.28. The van der Waals surface area contributed by atoms with Crippen LogP contribution in [0.25, 0.3) is 0 Å². The molecule has 0 aromatic rings. The molecule has 1 amide bonds. The zero-order valence-corrected chi connectivity index (χ0v) is 14.2. The summed E-state index contributed by atoms with van der Waals surface area (Å²) in [5.74, 6) is -1.04. The summed E-state index contributed by atoms with van der Waals surface area (Å²) in [6, 6.07) is -0.393. The van der Waals surface area contributed by atoms with Crippen molar-refractivity contribution in [3.63, 3.8) is 0 Å². The Kier molecular flexibility index (Phi) is 6.19. The number of hydrogen-bond donors (Lipinski definition) is 1. The number of carbonyl (C=O) groups excluding carboxylic acids is 2. The molecule has 0 saturated carbocycles. The third kappa shape index (κ3) is 6.62. The van der Waals surface area contributed by atoms with Gasteiger partial charge in [0.1, 0.15) is 11.7 Å². The van der Waals surface area contributed by atoms with Crippen LogP contribution in [-0.2, 0) is 23.7 Å². The predicted molar refractivity (Wildman–Crippen MR) is 79.3 cm³/mol. The van der Waals surface area contributed by atoms with Crippen LogP contribution in [-0.4, -0.2) is 49.3 Å². The van der Waals surface area contributed by atoms with Crippen LogP contribution in [0.1, 0.15) is 47.5 Å². The van der Waals surface area contributed by atoms with Crippen LogP contribution in [0.5, 0.6) is 0 Å². The van der Waals surface area contributed by atoms with Crippen molar-refractivity contribution >= 4 is 12.1 Å². The summed E-state index contributed by atoms with van der Waals surface area (Å²) in [4.78, 5) is 23.3. The van der Waals surface area contributed by atoms with Gasteiger partial charge in [-0.1, -0.05) is 0 Å². The van der Waals surface area contributed by atoms with E-state index >= 15 is 0 Å². The molecule has 2 atom stereocenters. The first kappa shape index (κ1) is 18.7. The Morgan fingerprint density at radius 3 is 2.45 bits per heavy atom. The normalized spacial score (nSPS) is 22.0. The summed E-state index contributed by atoms with van der Waals surface area (Å²) in [7, 11) is 1.33. The SMILES string of the molecule is COC(=O)CC[C@H](NC(=O)OC(C)(C)C)[C@H]1COC(C)(C)O1. The Hall–Kier alpha value is -1.34. The molecule has 0 aromatic heterocycles. The number of esters is 1. The van der Waals surface area contributed by atoms with Gasteiger partial charge in [0.25, 0.3) is 0 Å². The van der Waals surface area contributed by atoms with Gasteiger partial charge >= 0.3 is 12.1 Å². The van der Waals surface area contributed by atoms with Crippen LogP contribution in [0, 0.1) is 0 Å². The lowest BCUT2D eigenvalue weighted by molar-refractivity contribution is -0.144. The maximum atomic E-state index is 12.0. The van der Waals surface area contributed by atoms with E-state index in [-0.39, 0.29) is 18.5 Å². The summed E-state index contributed by atoms with van der Waals surface area (Å²) in [6.45, 7) is 9.31. The van der Waals surface area contributed by atoms with Crippen molar-refractivity contribution in [1.82, 2.24) is 5.32 Å².